The molecule has 6 rings (SSSR count). The van der Waals surface area contributed by atoms with Gasteiger partial charge in [-0.05, 0) is 18.2 Å². The molecule has 1 aromatic carbocycles. The number of hydrogen-bond acceptors (Lipinski definition) is 5. The van der Waals surface area contributed by atoms with Crippen LogP contribution in [-0.4, -0.2) is 51.6 Å². The molecule has 0 saturated heterocycles. The fraction of sp³-hybridized carbons (Fsp3) is 0.391. The fourth-order valence-corrected chi connectivity index (χ4v) is 5.25. The summed E-state index contributed by atoms with van der Waals surface area (Å²) in [6.07, 6.45) is 0.845. The standard InChI is InChI=1S/C23H20F3N5O3/c24-14-2-1-3-17-20(14)22(21(33)31(17)11-18(32)28-12-6-23(25,26)7-12)8-13(9-22)34-19-5-4-15-16(29-19)10-27-30-15/h1-5,10,12-13H,6-9,11H2,(H,27,30)(H,28,32). The molecule has 2 aliphatic carbocycles. The minimum absolute atomic E-state index is 0.234. The number of carbonyl (C=O) groups is 2. The number of amides is 2. The third kappa shape index (κ3) is 3.21. The third-order valence-corrected chi connectivity index (χ3v) is 6.88. The van der Waals surface area contributed by atoms with Gasteiger partial charge in [-0.1, -0.05) is 6.07 Å². The van der Waals surface area contributed by atoms with E-state index < -0.39 is 41.9 Å². The average Bonchev–Trinajstić information content (AvgIpc) is 3.29. The van der Waals surface area contributed by atoms with Crippen molar-refractivity contribution in [2.24, 2.45) is 0 Å². The van der Waals surface area contributed by atoms with Crippen LogP contribution in [0.15, 0.2) is 36.5 Å². The van der Waals surface area contributed by atoms with Crippen LogP contribution < -0.4 is 15.0 Å². The molecule has 3 aliphatic rings. The number of alkyl halides is 2. The number of H-pyrrole nitrogens is 1. The number of rotatable bonds is 5. The van der Waals surface area contributed by atoms with Crippen molar-refractivity contribution in [2.45, 2.75) is 49.2 Å². The molecule has 1 spiro atoms. The Bertz CT molecular complexity index is 1310. The Hall–Kier alpha value is -3.63. The molecule has 2 N–H and O–H groups in total. The van der Waals surface area contributed by atoms with Gasteiger partial charge in [0.25, 0.3) is 5.92 Å². The molecule has 2 amide bonds. The molecule has 8 nitrogen and oxygen atoms in total. The maximum Gasteiger partial charge on any atom is 0.252 e. The number of anilines is 1. The summed E-state index contributed by atoms with van der Waals surface area (Å²) in [5.41, 5.74) is 0.853. The van der Waals surface area contributed by atoms with Crippen molar-refractivity contribution < 1.29 is 27.5 Å². The highest BCUT2D eigenvalue weighted by atomic mass is 19.3. The summed E-state index contributed by atoms with van der Waals surface area (Å²) < 4.78 is 47.0. The van der Waals surface area contributed by atoms with E-state index in [9.17, 15) is 22.8 Å². The lowest BCUT2D eigenvalue weighted by atomic mass is 9.63. The third-order valence-electron chi connectivity index (χ3n) is 6.88. The van der Waals surface area contributed by atoms with Crippen molar-refractivity contribution in [3.05, 3.63) is 47.9 Å². The van der Waals surface area contributed by atoms with E-state index in [0.29, 0.717) is 17.1 Å². The Morgan fingerprint density at radius 3 is 2.76 bits per heavy atom. The molecular weight excluding hydrogens is 451 g/mol. The first-order valence-electron chi connectivity index (χ1n) is 11.0. The summed E-state index contributed by atoms with van der Waals surface area (Å²) in [6.45, 7) is -0.358. The molecule has 3 aromatic rings. The summed E-state index contributed by atoms with van der Waals surface area (Å²) >= 11 is 0. The summed E-state index contributed by atoms with van der Waals surface area (Å²) in [4.78, 5) is 31.5. The van der Waals surface area contributed by atoms with Gasteiger partial charge in [0.2, 0.25) is 17.7 Å². The molecule has 0 bridgehead atoms. The number of hydrogen-bond donors (Lipinski definition) is 2. The molecule has 34 heavy (non-hydrogen) atoms. The predicted octanol–water partition coefficient (Wildman–Crippen LogP) is 2.84. The lowest BCUT2D eigenvalue weighted by molar-refractivity contribution is -0.133. The van der Waals surface area contributed by atoms with E-state index >= 15 is 0 Å². The smallest absolute Gasteiger partial charge is 0.252 e. The number of nitrogens with zero attached hydrogens (tertiary/aromatic N) is 3. The lowest BCUT2D eigenvalue weighted by Crippen LogP contribution is -2.56. The Labute approximate surface area is 191 Å². The van der Waals surface area contributed by atoms with Crippen LogP contribution in [-0.2, 0) is 15.0 Å². The Balaban J connectivity index is 1.19. The highest BCUT2D eigenvalue weighted by Crippen LogP contribution is 2.55. The molecule has 176 valence electrons. The average molecular weight is 471 g/mol. The summed E-state index contributed by atoms with van der Waals surface area (Å²) in [5.74, 6) is -3.85. The molecule has 2 fully saturated rings. The summed E-state index contributed by atoms with van der Waals surface area (Å²) in [7, 11) is 0. The number of carbonyl (C=O) groups excluding carboxylic acids is 2. The van der Waals surface area contributed by atoms with Crippen LogP contribution in [0.1, 0.15) is 31.2 Å². The molecule has 2 saturated carbocycles. The number of pyridine rings is 1. The van der Waals surface area contributed by atoms with Crippen molar-refractivity contribution in [1.82, 2.24) is 20.5 Å². The van der Waals surface area contributed by atoms with Crippen molar-refractivity contribution in [3.63, 3.8) is 0 Å². The van der Waals surface area contributed by atoms with E-state index in [1.807, 2.05) is 0 Å². The van der Waals surface area contributed by atoms with Gasteiger partial charge in [0.15, 0.2) is 0 Å². The summed E-state index contributed by atoms with van der Waals surface area (Å²) in [5, 5.41) is 9.26. The number of ether oxygens (including phenoxy) is 1. The first kappa shape index (κ1) is 20.9. The second kappa shape index (κ2) is 7.18. The zero-order valence-electron chi connectivity index (χ0n) is 17.9. The molecule has 1 aliphatic heterocycles. The minimum Gasteiger partial charge on any atom is -0.474 e. The molecule has 2 aromatic heterocycles. The van der Waals surface area contributed by atoms with Crippen LogP contribution >= 0.6 is 0 Å². The Morgan fingerprint density at radius 2 is 2.00 bits per heavy atom. The van der Waals surface area contributed by atoms with Crippen molar-refractivity contribution in [3.8, 4) is 5.88 Å². The quantitative estimate of drug-likeness (QED) is 0.596. The van der Waals surface area contributed by atoms with Gasteiger partial charge in [0.05, 0.1) is 22.8 Å². The van der Waals surface area contributed by atoms with Gasteiger partial charge in [-0.3, -0.25) is 14.7 Å². The highest BCUT2D eigenvalue weighted by molar-refractivity contribution is 6.11. The second-order valence-electron chi connectivity index (χ2n) is 9.24. The molecule has 0 unspecified atom stereocenters. The van der Waals surface area contributed by atoms with E-state index in [1.165, 1.54) is 17.0 Å². The first-order valence-corrected chi connectivity index (χ1v) is 11.0. The number of fused-ring (bicyclic) bond motifs is 3. The monoisotopic (exact) mass is 471 g/mol. The maximum absolute atomic E-state index is 14.9. The van der Waals surface area contributed by atoms with Crippen LogP contribution in [0.5, 0.6) is 5.88 Å². The first-order chi connectivity index (χ1) is 16.2. The number of aromatic amines is 1. The molecule has 0 radical (unpaired) electrons. The van der Waals surface area contributed by atoms with Gasteiger partial charge in [-0.2, -0.15) is 5.10 Å². The Kier molecular flexibility index (Phi) is 4.42. The molecule has 11 heteroatoms. The summed E-state index contributed by atoms with van der Waals surface area (Å²) in [6, 6.07) is 7.22. The zero-order chi connectivity index (χ0) is 23.7. The van der Waals surface area contributed by atoms with Gasteiger partial charge in [-0.25, -0.2) is 18.2 Å². The number of nitrogens with one attached hydrogen (secondary N) is 2. The highest BCUT2D eigenvalue weighted by Gasteiger charge is 2.61. The van der Waals surface area contributed by atoms with Gasteiger partial charge in [-0.15, -0.1) is 0 Å². The topological polar surface area (TPSA) is 100 Å². The van der Waals surface area contributed by atoms with E-state index in [2.05, 4.69) is 20.5 Å². The van der Waals surface area contributed by atoms with Crippen molar-refractivity contribution >= 4 is 28.5 Å². The lowest BCUT2D eigenvalue weighted by Gasteiger charge is -2.43. The van der Waals surface area contributed by atoms with Gasteiger partial charge >= 0.3 is 0 Å². The van der Waals surface area contributed by atoms with Crippen molar-refractivity contribution in [1.29, 1.82) is 0 Å². The SMILES string of the molecule is O=C(CN1C(=O)C2(CC(Oc3ccc4[nH]ncc4n3)C2)c2c(F)cccc21)NC1CC(F)(F)C1. The van der Waals surface area contributed by atoms with Crippen LogP contribution in [0.2, 0.25) is 0 Å². The van der Waals surface area contributed by atoms with Crippen LogP contribution in [0.3, 0.4) is 0 Å². The normalized spacial score (nSPS) is 20.8. The van der Waals surface area contributed by atoms with Gasteiger partial charge in [0.1, 0.15) is 24.0 Å². The van der Waals surface area contributed by atoms with E-state index in [0.717, 1.165) is 5.52 Å². The largest absolute Gasteiger partial charge is 0.474 e. The van der Waals surface area contributed by atoms with Crippen LogP contribution in [0.25, 0.3) is 11.0 Å². The molecule has 3 heterocycles. The number of halogens is 3. The van der Waals surface area contributed by atoms with Gasteiger partial charge in [0, 0.05) is 43.4 Å². The Morgan fingerprint density at radius 1 is 1.21 bits per heavy atom. The van der Waals surface area contributed by atoms with Crippen LogP contribution in [0.4, 0.5) is 18.9 Å². The number of benzene rings is 1. The zero-order valence-corrected chi connectivity index (χ0v) is 17.9. The van der Waals surface area contributed by atoms with E-state index in [4.69, 9.17) is 4.74 Å². The molecular formula is C23H20F3N5O3. The van der Waals surface area contributed by atoms with Crippen LogP contribution in [0, 0.1) is 5.82 Å². The van der Waals surface area contributed by atoms with Crippen molar-refractivity contribution in [2.75, 3.05) is 11.4 Å². The predicted molar refractivity (Wildman–Crippen MR) is 114 cm³/mol. The minimum atomic E-state index is -2.76. The molecule has 0 atom stereocenters. The fourth-order valence-electron chi connectivity index (χ4n) is 5.25. The number of aromatic nitrogens is 3. The maximum atomic E-state index is 14.9. The van der Waals surface area contributed by atoms with E-state index in [-0.39, 0.29) is 37.0 Å². The van der Waals surface area contributed by atoms with E-state index in [1.54, 1.807) is 24.4 Å². The van der Waals surface area contributed by atoms with Gasteiger partial charge < -0.3 is 15.0 Å². The second-order valence-corrected chi connectivity index (χ2v) is 9.24.